The second kappa shape index (κ2) is 5.42. The minimum Gasteiger partial charge on any atom is -0.464 e. The molecule has 106 valence electrons. The zero-order valence-corrected chi connectivity index (χ0v) is 12.0. The molecule has 0 spiro atoms. The molecule has 0 bridgehead atoms. The fourth-order valence-corrected chi connectivity index (χ4v) is 4.09. The molecular weight excluding hydrogens is 274 g/mol. The van der Waals surface area contributed by atoms with Crippen LogP contribution in [0.15, 0.2) is 47.1 Å². The topological polar surface area (TPSA) is 50.5 Å². The molecule has 0 N–H and O–H groups in total. The first-order valence-electron chi connectivity index (χ1n) is 6.76. The summed E-state index contributed by atoms with van der Waals surface area (Å²) in [6, 6.07) is 11.2. The number of hydrogen-bond acceptors (Lipinski definition) is 3. The first-order chi connectivity index (χ1) is 9.65. The quantitative estimate of drug-likeness (QED) is 0.870. The van der Waals surface area contributed by atoms with Gasteiger partial charge in [0.25, 0.3) is 0 Å². The Morgan fingerprint density at radius 1 is 1.05 bits per heavy atom. The summed E-state index contributed by atoms with van der Waals surface area (Å²) in [4.78, 5) is 0. The molecule has 0 amide bonds. The van der Waals surface area contributed by atoms with Crippen molar-refractivity contribution in [1.29, 1.82) is 0 Å². The molecule has 1 fully saturated rings. The van der Waals surface area contributed by atoms with E-state index in [9.17, 15) is 8.42 Å². The maximum atomic E-state index is 12.2. The summed E-state index contributed by atoms with van der Waals surface area (Å²) < 4.78 is 31.4. The second-order valence-corrected chi connectivity index (χ2v) is 7.01. The molecule has 2 aromatic rings. The lowest BCUT2D eigenvalue weighted by Crippen LogP contribution is -2.29. The highest BCUT2D eigenvalue weighted by Gasteiger charge is 2.25. The van der Waals surface area contributed by atoms with Crippen LogP contribution in [-0.2, 0) is 15.8 Å². The van der Waals surface area contributed by atoms with Crippen LogP contribution < -0.4 is 0 Å². The van der Waals surface area contributed by atoms with Gasteiger partial charge in [-0.1, -0.05) is 24.3 Å². The van der Waals surface area contributed by atoms with Crippen LogP contribution in [-0.4, -0.2) is 25.8 Å². The van der Waals surface area contributed by atoms with Crippen LogP contribution in [0.2, 0.25) is 0 Å². The lowest BCUT2D eigenvalue weighted by Gasteiger charge is -2.15. The number of sulfonamides is 1. The third-order valence-electron chi connectivity index (χ3n) is 3.57. The van der Waals surface area contributed by atoms with Gasteiger partial charge in [0.05, 0.1) is 12.0 Å². The van der Waals surface area contributed by atoms with E-state index in [2.05, 4.69) is 0 Å². The molecule has 4 nitrogen and oxygen atoms in total. The Labute approximate surface area is 119 Å². The van der Waals surface area contributed by atoms with E-state index in [1.54, 1.807) is 10.6 Å². The van der Waals surface area contributed by atoms with Gasteiger partial charge in [-0.2, -0.15) is 0 Å². The van der Waals surface area contributed by atoms with E-state index in [1.165, 1.54) is 0 Å². The molecule has 0 saturated carbocycles. The maximum Gasteiger partial charge on any atom is 0.218 e. The number of nitrogens with zero attached hydrogens (tertiary/aromatic N) is 1. The minimum atomic E-state index is -3.17. The molecule has 1 aliphatic rings. The molecule has 20 heavy (non-hydrogen) atoms. The van der Waals surface area contributed by atoms with Crippen molar-refractivity contribution in [1.82, 2.24) is 4.31 Å². The third-order valence-corrected chi connectivity index (χ3v) is 5.42. The van der Waals surface area contributed by atoms with Crippen LogP contribution >= 0.6 is 0 Å². The van der Waals surface area contributed by atoms with Gasteiger partial charge in [-0.15, -0.1) is 0 Å². The number of benzene rings is 1. The van der Waals surface area contributed by atoms with Crippen molar-refractivity contribution in [3.05, 3.63) is 48.2 Å². The summed E-state index contributed by atoms with van der Waals surface area (Å²) in [5.74, 6) is 0.866. The first kappa shape index (κ1) is 13.4. The van der Waals surface area contributed by atoms with E-state index in [4.69, 9.17) is 4.42 Å². The van der Waals surface area contributed by atoms with E-state index in [1.807, 2.05) is 36.4 Å². The highest BCUT2D eigenvalue weighted by Crippen LogP contribution is 2.22. The number of furan rings is 1. The van der Waals surface area contributed by atoms with Crippen molar-refractivity contribution in [2.75, 3.05) is 13.1 Å². The summed E-state index contributed by atoms with van der Waals surface area (Å²) in [6.07, 6.45) is 3.56. The van der Waals surface area contributed by atoms with Gasteiger partial charge in [-0.25, -0.2) is 12.7 Å². The van der Waals surface area contributed by atoms with Crippen LogP contribution in [0.1, 0.15) is 18.4 Å². The summed E-state index contributed by atoms with van der Waals surface area (Å²) in [5, 5.41) is 0. The summed E-state index contributed by atoms with van der Waals surface area (Å²) >= 11 is 0. The fourth-order valence-electron chi connectivity index (χ4n) is 2.48. The van der Waals surface area contributed by atoms with E-state index in [-0.39, 0.29) is 5.75 Å². The highest BCUT2D eigenvalue weighted by molar-refractivity contribution is 7.88. The Kier molecular flexibility index (Phi) is 3.63. The van der Waals surface area contributed by atoms with E-state index in [0.29, 0.717) is 13.1 Å². The summed E-state index contributed by atoms with van der Waals surface area (Å²) in [6.45, 7) is 1.32. The molecule has 2 heterocycles. The Hall–Kier alpha value is -1.59. The van der Waals surface area contributed by atoms with Crippen molar-refractivity contribution >= 4 is 10.0 Å². The van der Waals surface area contributed by atoms with Crippen molar-refractivity contribution in [3.63, 3.8) is 0 Å². The first-order valence-corrected chi connectivity index (χ1v) is 8.37. The van der Waals surface area contributed by atoms with Gasteiger partial charge >= 0.3 is 0 Å². The average Bonchev–Trinajstić information content (AvgIpc) is 3.13. The van der Waals surface area contributed by atoms with Crippen molar-refractivity contribution in [2.24, 2.45) is 0 Å². The van der Waals surface area contributed by atoms with Crippen LogP contribution in [0, 0.1) is 0 Å². The van der Waals surface area contributed by atoms with Crippen LogP contribution in [0.4, 0.5) is 0 Å². The predicted molar refractivity (Wildman–Crippen MR) is 77.6 cm³/mol. The van der Waals surface area contributed by atoms with Gasteiger partial charge in [0.15, 0.2) is 0 Å². The number of rotatable bonds is 4. The standard InChI is InChI=1S/C15H17NO3S/c17-20(18,16-9-1-2-10-16)12-13-5-7-14(8-6-13)15-4-3-11-19-15/h3-8,11H,1-2,9-10,12H2. The van der Waals surface area contributed by atoms with E-state index >= 15 is 0 Å². The zero-order valence-electron chi connectivity index (χ0n) is 11.2. The highest BCUT2D eigenvalue weighted by atomic mass is 32.2. The molecule has 1 saturated heterocycles. The van der Waals surface area contributed by atoms with Gasteiger partial charge in [-0.05, 0) is 30.5 Å². The normalized spacial score (nSPS) is 16.6. The van der Waals surface area contributed by atoms with E-state index in [0.717, 1.165) is 29.7 Å². The van der Waals surface area contributed by atoms with Gasteiger partial charge in [-0.3, -0.25) is 0 Å². The molecule has 1 aromatic heterocycles. The lowest BCUT2D eigenvalue weighted by atomic mass is 10.1. The van der Waals surface area contributed by atoms with Crippen LogP contribution in [0.25, 0.3) is 11.3 Å². The van der Waals surface area contributed by atoms with Gasteiger partial charge in [0.1, 0.15) is 5.76 Å². The molecular formula is C15H17NO3S. The largest absolute Gasteiger partial charge is 0.464 e. The van der Waals surface area contributed by atoms with Crippen LogP contribution in [0.3, 0.4) is 0 Å². The van der Waals surface area contributed by atoms with Gasteiger partial charge in [0, 0.05) is 18.7 Å². The van der Waals surface area contributed by atoms with Crippen molar-refractivity contribution in [2.45, 2.75) is 18.6 Å². The Morgan fingerprint density at radius 2 is 1.75 bits per heavy atom. The molecule has 0 unspecified atom stereocenters. The molecule has 1 aliphatic heterocycles. The second-order valence-electron chi connectivity index (χ2n) is 5.04. The molecule has 1 aromatic carbocycles. The molecule has 0 atom stereocenters. The smallest absolute Gasteiger partial charge is 0.218 e. The maximum absolute atomic E-state index is 12.2. The lowest BCUT2D eigenvalue weighted by molar-refractivity contribution is 0.476. The summed E-state index contributed by atoms with van der Waals surface area (Å²) in [5.41, 5.74) is 1.77. The molecule has 5 heteroatoms. The molecule has 3 rings (SSSR count). The van der Waals surface area contributed by atoms with Crippen molar-refractivity contribution in [3.8, 4) is 11.3 Å². The van der Waals surface area contributed by atoms with Gasteiger partial charge in [0.2, 0.25) is 10.0 Å². The SMILES string of the molecule is O=S(=O)(Cc1ccc(-c2ccco2)cc1)N1CCCC1. The van der Waals surface area contributed by atoms with Gasteiger partial charge < -0.3 is 4.42 Å². The zero-order chi connectivity index (χ0) is 14.0. The monoisotopic (exact) mass is 291 g/mol. The third kappa shape index (κ3) is 2.78. The summed E-state index contributed by atoms with van der Waals surface area (Å²) in [7, 11) is -3.17. The van der Waals surface area contributed by atoms with E-state index < -0.39 is 10.0 Å². The van der Waals surface area contributed by atoms with Crippen LogP contribution in [0.5, 0.6) is 0 Å². The Balaban J connectivity index is 1.75. The molecule has 0 radical (unpaired) electrons. The Morgan fingerprint density at radius 3 is 2.35 bits per heavy atom. The van der Waals surface area contributed by atoms with Crippen molar-refractivity contribution < 1.29 is 12.8 Å². The average molecular weight is 291 g/mol. The predicted octanol–water partition coefficient (Wildman–Crippen LogP) is 2.87. The minimum absolute atomic E-state index is 0.0748. The molecule has 0 aliphatic carbocycles. The Bertz CT molecular complexity index is 654. The number of hydrogen-bond donors (Lipinski definition) is 0. The fraction of sp³-hybridized carbons (Fsp3) is 0.333.